The minimum atomic E-state index is -3.89. The van der Waals surface area contributed by atoms with Crippen LogP contribution in [0.4, 0.5) is 0 Å². The van der Waals surface area contributed by atoms with E-state index in [-0.39, 0.29) is 23.6 Å². The molecule has 0 saturated heterocycles. The molecule has 10 heteroatoms. The second-order valence-corrected chi connectivity index (χ2v) is 6.11. The van der Waals surface area contributed by atoms with Gasteiger partial charge < -0.3 is 20.1 Å². The number of aryl methyl sites for hydroxylation is 1. The number of nitrogens with one attached hydrogen (secondary N) is 1. The first-order valence-electron chi connectivity index (χ1n) is 5.87. The first kappa shape index (κ1) is 17.1. The van der Waals surface area contributed by atoms with E-state index in [1.807, 2.05) is 0 Å². The molecule has 1 amide bonds. The van der Waals surface area contributed by atoms with Crippen molar-refractivity contribution >= 4 is 21.9 Å². The van der Waals surface area contributed by atoms with Crippen LogP contribution in [0.25, 0.3) is 0 Å². The molecule has 1 aromatic heterocycles. The maximum absolute atomic E-state index is 12.0. The normalized spacial score (nSPS) is 13.0. The molecular weight excluding hydrogens is 302 g/mol. The minimum absolute atomic E-state index is 0.0456. The van der Waals surface area contributed by atoms with Gasteiger partial charge in [-0.3, -0.25) is 9.59 Å². The van der Waals surface area contributed by atoms with Crippen molar-refractivity contribution in [2.45, 2.75) is 17.4 Å². The molecule has 4 N–H and O–H groups in total. The van der Waals surface area contributed by atoms with E-state index in [2.05, 4.69) is 4.72 Å². The van der Waals surface area contributed by atoms with Gasteiger partial charge in [-0.15, -0.1) is 0 Å². The van der Waals surface area contributed by atoms with Crippen molar-refractivity contribution < 1.29 is 27.9 Å². The summed E-state index contributed by atoms with van der Waals surface area (Å²) >= 11 is 0. The van der Waals surface area contributed by atoms with Crippen LogP contribution >= 0.6 is 0 Å². The Bertz CT molecular complexity index is 636. The zero-order valence-corrected chi connectivity index (χ0v) is 12.4. The second kappa shape index (κ2) is 6.70. The Kier molecular flexibility index (Phi) is 5.47. The van der Waals surface area contributed by atoms with Gasteiger partial charge in [-0.2, -0.15) is 0 Å². The van der Waals surface area contributed by atoms with Crippen LogP contribution in [-0.4, -0.2) is 49.7 Å². The van der Waals surface area contributed by atoms with E-state index in [0.717, 1.165) is 6.07 Å². The summed E-state index contributed by atoms with van der Waals surface area (Å²) < 4.78 is 32.5. The summed E-state index contributed by atoms with van der Waals surface area (Å²) in [6.07, 6.45) is 0.110. The standard InChI is InChI=1S/C11H17N3O6S/c1-14-6-8(4-9(14)11(12)17)21(18,19)13-5-7(20-2)3-10(15)16/h4,6-7,13H,3,5H2,1-2H3,(H2,12,17)(H,15,16). The number of primary amides is 1. The van der Waals surface area contributed by atoms with Crippen molar-refractivity contribution in [2.24, 2.45) is 12.8 Å². The number of sulfonamides is 1. The van der Waals surface area contributed by atoms with Crippen LogP contribution in [0.2, 0.25) is 0 Å². The van der Waals surface area contributed by atoms with Crippen molar-refractivity contribution in [3.63, 3.8) is 0 Å². The van der Waals surface area contributed by atoms with Crippen molar-refractivity contribution in [2.75, 3.05) is 13.7 Å². The maximum atomic E-state index is 12.0. The minimum Gasteiger partial charge on any atom is -0.481 e. The van der Waals surface area contributed by atoms with Crippen LogP contribution in [0.3, 0.4) is 0 Å². The number of carboxylic acids is 1. The summed E-state index contributed by atoms with van der Waals surface area (Å²) in [4.78, 5) is 21.5. The van der Waals surface area contributed by atoms with E-state index in [9.17, 15) is 18.0 Å². The van der Waals surface area contributed by atoms with Gasteiger partial charge in [-0.1, -0.05) is 0 Å². The van der Waals surface area contributed by atoms with Gasteiger partial charge in [-0.25, -0.2) is 13.1 Å². The molecule has 0 bridgehead atoms. The highest BCUT2D eigenvalue weighted by Gasteiger charge is 2.21. The van der Waals surface area contributed by atoms with Crippen LogP contribution < -0.4 is 10.5 Å². The van der Waals surface area contributed by atoms with Gasteiger partial charge in [0.15, 0.2) is 0 Å². The molecule has 1 heterocycles. The lowest BCUT2D eigenvalue weighted by Gasteiger charge is -2.13. The third kappa shape index (κ3) is 4.55. The number of aromatic nitrogens is 1. The summed E-state index contributed by atoms with van der Waals surface area (Å²) in [7, 11) is -1.11. The number of hydrogen-bond acceptors (Lipinski definition) is 5. The number of carboxylic acid groups (broad SMARTS) is 1. The molecule has 1 unspecified atom stereocenters. The highest BCUT2D eigenvalue weighted by molar-refractivity contribution is 7.89. The van der Waals surface area contributed by atoms with Crippen molar-refractivity contribution in [1.82, 2.24) is 9.29 Å². The average molecular weight is 319 g/mol. The Morgan fingerprint density at radius 1 is 1.52 bits per heavy atom. The Morgan fingerprint density at radius 3 is 2.57 bits per heavy atom. The molecule has 9 nitrogen and oxygen atoms in total. The zero-order chi connectivity index (χ0) is 16.2. The molecule has 1 aromatic rings. The molecule has 1 rings (SSSR count). The van der Waals surface area contributed by atoms with E-state index in [4.69, 9.17) is 15.6 Å². The molecule has 0 fully saturated rings. The van der Waals surface area contributed by atoms with Crippen LogP contribution in [0.15, 0.2) is 17.2 Å². The smallest absolute Gasteiger partial charge is 0.306 e. The Balaban J connectivity index is 2.84. The number of nitrogens with zero attached hydrogens (tertiary/aromatic N) is 1. The van der Waals surface area contributed by atoms with Gasteiger partial charge in [0.1, 0.15) is 10.6 Å². The van der Waals surface area contributed by atoms with Crippen LogP contribution in [-0.2, 0) is 26.6 Å². The maximum Gasteiger partial charge on any atom is 0.306 e. The number of carbonyl (C=O) groups excluding carboxylic acids is 1. The number of amides is 1. The first-order chi connectivity index (χ1) is 9.67. The topological polar surface area (TPSA) is 141 Å². The van der Waals surface area contributed by atoms with E-state index < -0.39 is 28.0 Å². The van der Waals surface area contributed by atoms with E-state index in [0.29, 0.717) is 0 Å². The Morgan fingerprint density at radius 2 is 2.14 bits per heavy atom. The molecule has 0 aliphatic carbocycles. The Labute approximate surface area is 121 Å². The highest BCUT2D eigenvalue weighted by Crippen LogP contribution is 2.13. The SMILES string of the molecule is COC(CNS(=O)(=O)c1cc(C(N)=O)n(C)c1)CC(=O)O. The molecule has 1 atom stereocenters. The molecule has 0 saturated carbocycles. The fourth-order valence-corrected chi connectivity index (χ4v) is 2.78. The second-order valence-electron chi connectivity index (χ2n) is 4.34. The Hall–Kier alpha value is -1.91. The van der Waals surface area contributed by atoms with Gasteiger partial charge >= 0.3 is 5.97 Å². The molecule has 0 spiro atoms. The predicted octanol–water partition coefficient (Wildman–Crippen LogP) is -1.11. The summed E-state index contributed by atoms with van der Waals surface area (Å²) in [5, 5.41) is 8.65. The number of carbonyl (C=O) groups is 2. The molecule has 0 radical (unpaired) electrons. The third-order valence-electron chi connectivity index (χ3n) is 2.78. The predicted molar refractivity (Wildman–Crippen MR) is 72.2 cm³/mol. The molecular formula is C11H17N3O6S. The van der Waals surface area contributed by atoms with E-state index in [1.165, 1.54) is 24.9 Å². The quantitative estimate of drug-likeness (QED) is 0.555. The molecule has 21 heavy (non-hydrogen) atoms. The van der Waals surface area contributed by atoms with E-state index >= 15 is 0 Å². The lowest BCUT2D eigenvalue weighted by atomic mass is 10.2. The molecule has 118 valence electrons. The number of rotatable bonds is 8. The summed E-state index contributed by atoms with van der Waals surface area (Å²) in [6, 6.07) is 1.14. The number of hydrogen-bond donors (Lipinski definition) is 3. The van der Waals surface area contributed by atoms with Gasteiger partial charge in [0, 0.05) is 26.9 Å². The fourth-order valence-electron chi connectivity index (χ4n) is 1.65. The van der Waals surface area contributed by atoms with Crippen LogP contribution in [0.5, 0.6) is 0 Å². The average Bonchev–Trinajstić information content (AvgIpc) is 2.77. The van der Waals surface area contributed by atoms with Gasteiger partial charge in [-0.05, 0) is 6.07 Å². The summed E-state index contributed by atoms with van der Waals surface area (Å²) in [5.41, 5.74) is 5.16. The highest BCUT2D eigenvalue weighted by atomic mass is 32.2. The fraction of sp³-hybridized carbons (Fsp3) is 0.455. The van der Waals surface area contributed by atoms with Gasteiger partial charge in [0.05, 0.1) is 12.5 Å². The van der Waals surface area contributed by atoms with Gasteiger partial charge in [0.25, 0.3) is 5.91 Å². The number of nitrogens with two attached hydrogens (primary N) is 1. The van der Waals surface area contributed by atoms with E-state index in [1.54, 1.807) is 0 Å². The van der Waals surface area contributed by atoms with Crippen molar-refractivity contribution in [1.29, 1.82) is 0 Å². The number of aliphatic carboxylic acids is 1. The first-order valence-corrected chi connectivity index (χ1v) is 7.36. The largest absolute Gasteiger partial charge is 0.481 e. The lowest BCUT2D eigenvalue weighted by molar-refractivity contribution is -0.139. The monoisotopic (exact) mass is 319 g/mol. The van der Waals surface area contributed by atoms with Crippen LogP contribution in [0.1, 0.15) is 16.9 Å². The third-order valence-corrected chi connectivity index (χ3v) is 4.17. The molecule has 0 aromatic carbocycles. The number of ether oxygens (including phenoxy) is 1. The zero-order valence-electron chi connectivity index (χ0n) is 11.6. The molecule has 0 aliphatic rings. The van der Waals surface area contributed by atoms with Crippen molar-refractivity contribution in [3.8, 4) is 0 Å². The lowest BCUT2D eigenvalue weighted by Crippen LogP contribution is -2.34. The van der Waals surface area contributed by atoms with Crippen molar-refractivity contribution in [3.05, 3.63) is 18.0 Å². The van der Waals surface area contributed by atoms with Crippen LogP contribution in [0, 0.1) is 0 Å². The van der Waals surface area contributed by atoms with Gasteiger partial charge in [0.2, 0.25) is 10.0 Å². The number of methoxy groups -OCH3 is 1. The summed E-state index contributed by atoms with van der Waals surface area (Å²) in [5.74, 6) is -1.85. The molecule has 0 aliphatic heterocycles. The summed E-state index contributed by atoms with van der Waals surface area (Å²) in [6.45, 7) is -0.202.